The van der Waals surface area contributed by atoms with Crippen molar-refractivity contribution in [2.75, 3.05) is 0 Å². The summed E-state index contributed by atoms with van der Waals surface area (Å²) in [5.74, 6) is 1.74. The van der Waals surface area contributed by atoms with Gasteiger partial charge in [-0.25, -0.2) is 0 Å². The van der Waals surface area contributed by atoms with Crippen LogP contribution in [-0.4, -0.2) is 10.2 Å². The number of aromatic nitrogens is 2. The van der Waals surface area contributed by atoms with Gasteiger partial charge in [-0.05, 0) is 24.3 Å². The Kier molecular flexibility index (Phi) is 4.51. The average molecular weight is 240 g/mol. The van der Waals surface area contributed by atoms with Gasteiger partial charge in [0, 0.05) is 0 Å². The highest BCUT2D eigenvalue weighted by molar-refractivity contribution is 5.30. The van der Waals surface area contributed by atoms with E-state index in [1.54, 1.807) is 0 Å². The lowest BCUT2D eigenvalue weighted by atomic mass is 10.3. The van der Waals surface area contributed by atoms with E-state index in [9.17, 15) is 0 Å². The molecule has 3 aromatic rings. The molecule has 0 amide bonds. The number of benzene rings is 2. The van der Waals surface area contributed by atoms with Crippen molar-refractivity contribution in [3.63, 3.8) is 0 Å². The Balaban J connectivity index is 0.000000202. The molecule has 0 bridgehead atoms. The molecule has 0 saturated carbocycles. The topological polar surface area (TPSA) is 48.2 Å². The fraction of sp³-hybridized carbons (Fsp3) is 0. The molecule has 0 aliphatic rings. The monoisotopic (exact) mass is 240 g/mol. The first-order valence-electron chi connectivity index (χ1n) is 5.42. The molecule has 3 rings (SSSR count). The van der Waals surface area contributed by atoms with Crippen LogP contribution in [0.2, 0.25) is 0 Å². The fourth-order valence-corrected chi connectivity index (χ4v) is 1.25. The molecule has 0 N–H and O–H groups in total. The molecule has 0 radical (unpaired) electrons. The summed E-state index contributed by atoms with van der Waals surface area (Å²) < 4.78 is 9.94. The number of para-hydroxylation sites is 2. The van der Waals surface area contributed by atoms with Crippen molar-refractivity contribution in [1.29, 1.82) is 0 Å². The minimum Gasteiger partial charge on any atom is -0.457 e. The molecule has 0 fully saturated rings. The summed E-state index contributed by atoms with van der Waals surface area (Å²) in [7, 11) is 0. The van der Waals surface area contributed by atoms with E-state index >= 15 is 0 Å². The molecule has 0 aliphatic heterocycles. The Bertz CT molecular complexity index is 470. The quantitative estimate of drug-likeness (QED) is 0.687. The van der Waals surface area contributed by atoms with Crippen LogP contribution in [0.25, 0.3) is 0 Å². The lowest BCUT2D eigenvalue weighted by molar-refractivity contribution is 0.482. The van der Waals surface area contributed by atoms with Crippen molar-refractivity contribution in [2.24, 2.45) is 0 Å². The lowest BCUT2D eigenvalue weighted by Gasteiger charge is -2.03. The van der Waals surface area contributed by atoms with Crippen molar-refractivity contribution in [3.8, 4) is 11.5 Å². The van der Waals surface area contributed by atoms with E-state index in [1.165, 1.54) is 12.8 Å². The van der Waals surface area contributed by atoms with Gasteiger partial charge in [-0.3, -0.25) is 0 Å². The fourth-order valence-electron chi connectivity index (χ4n) is 1.25. The van der Waals surface area contributed by atoms with Crippen LogP contribution in [0, 0.1) is 0 Å². The molecule has 4 nitrogen and oxygen atoms in total. The van der Waals surface area contributed by atoms with Crippen molar-refractivity contribution in [1.82, 2.24) is 10.2 Å². The average Bonchev–Trinajstić information content (AvgIpc) is 3.00. The first-order chi connectivity index (χ1) is 8.95. The van der Waals surface area contributed by atoms with Gasteiger partial charge < -0.3 is 9.15 Å². The van der Waals surface area contributed by atoms with Crippen molar-refractivity contribution in [3.05, 3.63) is 73.5 Å². The molecule has 90 valence electrons. The third-order valence-electron chi connectivity index (χ3n) is 2.00. The molecule has 0 unspecified atom stereocenters. The maximum absolute atomic E-state index is 5.58. The largest absolute Gasteiger partial charge is 0.457 e. The zero-order valence-corrected chi connectivity index (χ0v) is 9.64. The highest BCUT2D eigenvalue weighted by atomic mass is 16.5. The van der Waals surface area contributed by atoms with Crippen LogP contribution in [0.1, 0.15) is 0 Å². The molecule has 1 aromatic heterocycles. The summed E-state index contributed by atoms with van der Waals surface area (Å²) in [5, 5.41) is 6.61. The third-order valence-corrected chi connectivity index (χ3v) is 2.00. The second-order valence-electron chi connectivity index (χ2n) is 3.31. The van der Waals surface area contributed by atoms with E-state index < -0.39 is 0 Å². The van der Waals surface area contributed by atoms with E-state index in [1.807, 2.05) is 60.7 Å². The van der Waals surface area contributed by atoms with E-state index in [-0.39, 0.29) is 0 Å². The summed E-state index contributed by atoms with van der Waals surface area (Å²) in [6.07, 6.45) is 2.53. The highest BCUT2D eigenvalue weighted by Gasteiger charge is 1.92. The van der Waals surface area contributed by atoms with Gasteiger partial charge in [0.15, 0.2) is 0 Å². The predicted octanol–water partition coefficient (Wildman–Crippen LogP) is 3.55. The number of ether oxygens (including phenoxy) is 1. The number of hydrogen-bond donors (Lipinski definition) is 0. The van der Waals surface area contributed by atoms with E-state index in [2.05, 4.69) is 14.6 Å². The van der Waals surface area contributed by atoms with Crippen LogP contribution in [0.4, 0.5) is 0 Å². The normalized spacial score (nSPS) is 9.11. The van der Waals surface area contributed by atoms with Crippen LogP contribution >= 0.6 is 0 Å². The van der Waals surface area contributed by atoms with Gasteiger partial charge in [0.25, 0.3) is 0 Å². The zero-order chi connectivity index (χ0) is 12.5. The SMILES string of the molecule is c1ccc(Oc2ccccc2)cc1.c1nnco1. The lowest BCUT2D eigenvalue weighted by Crippen LogP contribution is -1.81. The summed E-state index contributed by atoms with van der Waals surface area (Å²) >= 11 is 0. The Morgan fingerprint density at radius 2 is 1.11 bits per heavy atom. The molecule has 18 heavy (non-hydrogen) atoms. The van der Waals surface area contributed by atoms with Gasteiger partial charge in [0.1, 0.15) is 11.5 Å². The van der Waals surface area contributed by atoms with Crippen molar-refractivity contribution in [2.45, 2.75) is 0 Å². The second-order valence-corrected chi connectivity index (χ2v) is 3.31. The molecule has 0 spiro atoms. The van der Waals surface area contributed by atoms with Crippen LogP contribution < -0.4 is 4.74 Å². The summed E-state index contributed by atoms with van der Waals surface area (Å²) in [6.45, 7) is 0. The maximum atomic E-state index is 5.58. The Labute approximate surface area is 105 Å². The van der Waals surface area contributed by atoms with Gasteiger partial charge in [-0.2, -0.15) is 0 Å². The van der Waals surface area contributed by atoms with Gasteiger partial charge in [0.05, 0.1) is 0 Å². The van der Waals surface area contributed by atoms with Crippen molar-refractivity contribution >= 4 is 0 Å². The molecular weight excluding hydrogens is 228 g/mol. The van der Waals surface area contributed by atoms with Gasteiger partial charge in [-0.15, -0.1) is 10.2 Å². The molecule has 0 saturated heterocycles. The van der Waals surface area contributed by atoms with Gasteiger partial charge >= 0.3 is 0 Å². The first-order valence-corrected chi connectivity index (χ1v) is 5.42. The number of nitrogens with zero attached hydrogens (tertiary/aromatic N) is 2. The molecule has 2 aromatic carbocycles. The standard InChI is InChI=1S/C12H10O.C2H2N2O/c1-3-7-11(8-4-1)13-12-9-5-2-6-10-12;1-3-4-2-5-1/h1-10H;1-2H. The molecular formula is C14H12N2O2. The molecule has 0 aliphatic carbocycles. The summed E-state index contributed by atoms with van der Waals surface area (Å²) in [6, 6.07) is 19.5. The van der Waals surface area contributed by atoms with Gasteiger partial charge in [-0.1, -0.05) is 36.4 Å². The Morgan fingerprint density at radius 3 is 1.44 bits per heavy atom. The zero-order valence-electron chi connectivity index (χ0n) is 9.64. The van der Waals surface area contributed by atoms with Gasteiger partial charge in [0.2, 0.25) is 12.8 Å². The van der Waals surface area contributed by atoms with Crippen LogP contribution in [0.3, 0.4) is 0 Å². The molecule has 1 heterocycles. The number of hydrogen-bond acceptors (Lipinski definition) is 4. The second kappa shape index (κ2) is 6.85. The van der Waals surface area contributed by atoms with E-state index in [4.69, 9.17) is 4.74 Å². The minimum atomic E-state index is 0.869. The molecule has 4 heteroatoms. The smallest absolute Gasteiger partial charge is 0.203 e. The summed E-state index contributed by atoms with van der Waals surface area (Å²) in [5.41, 5.74) is 0. The summed E-state index contributed by atoms with van der Waals surface area (Å²) in [4.78, 5) is 0. The van der Waals surface area contributed by atoms with E-state index in [0.29, 0.717) is 0 Å². The minimum absolute atomic E-state index is 0.869. The molecule has 0 atom stereocenters. The first kappa shape index (κ1) is 11.9. The maximum Gasteiger partial charge on any atom is 0.203 e. The van der Waals surface area contributed by atoms with Crippen LogP contribution in [0.5, 0.6) is 11.5 Å². The van der Waals surface area contributed by atoms with Crippen LogP contribution in [-0.2, 0) is 0 Å². The van der Waals surface area contributed by atoms with Crippen molar-refractivity contribution < 1.29 is 9.15 Å². The third kappa shape index (κ3) is 4.09. The Morgan fingerprint density at radius 1 is 0.667 bits per heavy atom. The van der Waals surface area contributed by atoms with Crippen LogP contribution in [0.15, 0.2) is 77.9 Å². The Hall–Kier alpha value is -2.62. The van der Waals surface area contributed by atoms with E-state index in [0.717, 1.165) is 11.5 Å². The predicted molar refractivity (Wildman–Crippen MR) is 67.3 cm³/mol. The highest BCUT2D eigenvalue weighted by Crippen LogP contribution is 2.19. The number of rotatable bonds is 2.